The van der Waals surface area contributed by atoms with Crippen LogP contribution >= 0.6 is 0 Å². The number of ether oxygens (including phenoxy) is 1. The number of likely N-dealkylation sites (tertiary alicyclic amines) is 1. The number of carboxylic acid groups (broad SMARTS) is 1. The van der Waals surface area contributed by atoms with Gasteiger partial charge in [-0.3, -0.25) is 4.79 Å². The van der Waals surface area contributed by atoms with Crippen molar-refractivity contribution in [2.75, 3.05) is 19.8 Å². The molecule has 1 amide bonds. The second kappa shape index (κ2) is 7.63. The molecule has 21 heavy (non-hydrogen) atoms. The van der Waals surface area contributed by atoms with Crippen molar-refractivity contribution < 1.29 is 32.6 Å². The van der Waals surface area contributed by atoms with Crippen LogP contribution in [0.5, 0.6) is 0 Å². The molecule has 1 aliphatic rings. The summed E-state index contributed by atoms with van der Waals surface area (Å²) in [5.74, 6) is -1.28. The van der Waals surface area contributed by atoms with Crippen molar-refractivity contribution in [2.24, 2.45) is 5.92 Å². The van der Waals surface area contributed by atoms with E-state index in [2.05, 4.69) is 4.74 Å². The molecular formula is C13H20F3NO4. The van der Waals surface area contributed by atoms with Gasteiger partial charge in [0.15, 0.2) is 0 Å². The van der Waals surface area contributed by atoms with Crippen LogP contribution in [0.1, 0.15) is 32.6 Å². The van der Waals surface area contributed by atoms with E-state index >= 15 is 0 Å². The van der Waals surface area contributed by atoms with E-state index in [1.54, 1.807) is 0 Å². The summed E-state index contributed by atoms with van der Waals surface area (Å²) in [6.45, 7) is 0.526. The van der Waals surface area contributed by atoms with Crippen LogP contribution in [-0.4, -0.2) is 53.9 Å². The van der Waals surface area contributed by atoms with Crippen molar-refractivity contribution in [2.45, 2.75) is 44.8 Å². The fourth-order valence-electron chi connectivity index (χ4n) is 2.43. The summed E-state index contributed by atoms with van der Waals surface area (Å²) in [7, 11) is 0. The molecule has 0 radical (unpaired) electrons. The van der Waals surface area contributed by atoms with Crippen molar-refractivity contribution in [1.29, 1.82) is 0 Å². The Morgan fingerprint density at radius 3 is 2.57 bits per heavy atom. The lowest BCUT2D eigenvalue weighted by atomic mass is 9.88. The van der Waals surface area contributed by atoms with Gasteiger partial charge in [-0.1, -0.05) is 13.3 Å². The molecule has 1 N–H and O–H groups in total. The van der Waals surface area contributed by atoms with Gasteiger partial charge in [-0.25, -0.2) is 4.79 Å². The quantitative estimate of drug-likeness (QED) is 0.763. The topological polar surface area (TPSA) is 66.8 Å². The van der Waals surface area contributed by atoms with Crippen LogP contribution in [0.4, 0.5) is 13.2 Å². The molecule has 1 heterocycles. The molecule has 0 bridgehead atoms. The van der Waals surface area contributed by atoms with Crippen LogP contribution in [0.25, 0.3) is 0 Å². The first-order chi connectivity index (χ1) is 9.74. The average Bonchev–Trinajstić information content (AvgIpc) is 2.41. The molecule has 5 nitrogen and oxygen atoms in total. The lowest BCUT2D eigenvalue weighted by molar-refractivity contribution is -0.175. The molecule has 122 valence electrons. The first kappa shape index (κ1) is 17.7. The fraction of sp³-hybridized carbons (Fsp3) is 0.846. The van der Waals surface area contributed by atoms with Gasteiger partial charge in [0.25, 0.3) is 0 Å². The third-order valence-corrected chi connectivity index (χ3v) is 3.62. The average molecular weight is 311 g/mol. The zero-order chi connectivity index (χ0) is 16.0. The molecule has 1 rings (SSSR count). The van der Waals surface area contributed by atoms with Gasteiger partial charge in [0.05, 0.1) is 13.0 Å². The Hall–Kier alpha value is -1.31. The molecule has 0 spiro atoms. The van der Waals surface area contributed by atoms with Gasteiger partial charge in [0.2, 0.25) is 5.91 Å². The Morgan fingerprint density at radius 2 is 2.05 bits per heavy atom. The Kier molecular flexibility index (Phi) is 6.44. The summed E-state index contributed by atoms with van der Waals surface area (Å²) in [6, 6.07) is -0.890. The summed E-state index contributed by atoms with van der Waals surface area (Å²) >= 11 is 0. The number of carboxylic acids is 1. The van der Waals surface area contributed by atoms with Gasteiger partial charge in [0, 0.05) is 6.54 Å². The molecule has 2 atom stereocenters. The second-order valence-electron chi connectivity index (χ2n) is 5.16. The van der Waals surface area contributed by atoms with Gasteiger partial charge in [-0.2, -0.15) is 13.2 Å². The maximum Gasteiger partial charge on any atom is 0.411 e. The van der Waals surface area contributed by atoms with Crippen LogP contribution in [0, 0.1) is 5.92 Å². The third-order valence-electron chi connectivity index (χ3n) is 3.62. The van der Waals surface area contributed by atoms with Crippen molar-refractivity contribution >= 4 is 11.9 Å². The van der Waals surface area contributed by atoms with Crippen LogP contribution in [-0.2, 0) is 14.3 Å². The standard InChI is InChI=1S/C13H20F3NO4/c1-2-9-3-5-17(10(7-9)12(19)20)11(18)4-6-21-8-13(14,15)16/h9-10H,2-8H2,1H3,(H,19,20). The van der Waals surface area contributed by atoms with Crippen molar-refractivity contribution in [1.82, 2.24) is 4.90 Å². The minimum absolute atomic E-state index is 0.239. The maximum absolute atomic E-state index is 11.9. The summed E-state index contributed by atoms with van der Waals surface area (Å²) in [6.07, 6.45) is -2.71. The van der Waals surface area contributed by atoms with Crippen LogP contribution in [0.2, 0.25) is 0 Å². The monoisotopic (exact) mass is 311 g/mol. The number of carbonyl (C=O) groups is 2. The predicted molar refractivity (Wildman–Crippen MR) is 67.6 cm³/mol. The maximum atomic E-state index is 11.9. The molecule has 0 aromatic heterocycles. The van der Waals surface area contributed by atoms with E-state index in [1.165, 1.54) is 4.90 Å². The van der Waals surface area contributed by atoms with Gasteiger partial charge in [-0.15, -0.1) is 0 Å². The first-order valence-corrected chi connectivity index (χ1v) is 6.91. The highest BCUT2D eigenvalue weighted by molar-refractivity contribution is 5.84. The predicted octanol–water partition coefficient (Wildman–Crippen LogP) is 2.06. The Labute approximate surface area is 121 Å². The first-order valence-electron chi connectivity index (χ1n) is 6.91. The second-order valence-corrected chi connectivity index (χ2v) is 5.16. The number of carbonyl (C=O) groups excluding carboxylic acids is 1. The number of hydrogen-bond donors (Lipinski definition) is 1. The third kappa shape index (κ3) is 5.91. The lowest BCUT2D eigenvalue weighted by Gasteiger charge is -2.37. The number of amides is 1. The van der Waals surface area contributed by atoms with Crippen molar-refractivity contribution in [3.8, 4) is 0 Å². The Bertz CT molecular complexity index is 373. The number of aliphatic carboxylic acids is 1. The Morgan fingerprint density at radius 1 is 1.38 bits per heavy atom. The molecule has 8 heteroatoms. The highest BCUT2D eigenvalue weighted by atomic mass is 19.4. The van der Waals surface area contributed by atoms with Gasteiger partial charge in [0.1, 0.15) is 12.6 Å². The minimum atomic E-state index is -4.42. The normalized spacial score (nSPS) is 23.1. The summed E-state index contributed by atoms with van der Waals surface area (Å²) in [5, 5.41) is 9.18. The highest BCUT2D eigenvalue weighted by Crippen LogP contribution is 2.26. The SMILES string of the molecule is CCC1CCN(C(=O)CCOCC(F)(F)F)C(C(=O)O)C1. The lowest BCUT2D eigenvalue weighted by Crippen LogP contribution is -2.50. The molecule has 1 fully saturated rings. The molecule has 0 saturated carbocycles. The number of alkyl halides is 3. The molecule has 0 aromatic carbocycles. The van der Waals surface area contributed by atoms with E-state index in [0.717, 1.165) is 12.8 Å². The van der Waals surface area contributed by atoms with Crippen LogP contribution in [0.15, 0.2) is 0 Å². The Balaban J connectivity index is 2.46. The molecule has 0 aliphatic carbocycles. The fourth-order valence-corrected chi connectivity index (χ4v) is 2.43. The van der Waals surface area contributed by atoms with E-state index in [-0.39, 0.29) is 18.9 Å². The van der Waals surface area contributed by atoms with Crippen molar-refractivity contribution in [3.05, 3.63) is 0 Å². The zero-order valence-electron chi connectivity index (χ0n) is 11.9. The number of nitrogens with zero attached hydrogens (tertiary/aromatic N) is 1. The van der Waals surface area contributed by atoms with E-state index in [0.29, 0.717) is 13.0 Å². The highest BCUT2D eigenvalue weighted by Gasteiger charge is 2.35. The molecule has 2 unspecified atom stereocenters. The summed E-state index contributed by atoms with van der Waals surface area (Å²) < 4.78 is 40.0. The van der Waals surface area contributed by atoms with E-state index in [1.807, 2.05) is 6.92 Å². The van der Waals surface area contributed by atoms with Gasteiger partial charge >= 0.3 is 12.1 Å². The molecule has 1 aliphatic heterocycles. The van der Waals surface area contributed by atoms with E-state index in [9.17, 15) is 27.9 Å². The van der Waals surface area contributed by atoms with Gasteiger partial charge < -0.3 is 14.7 Å². The smallest absolute Gasteiger partial charge is 0.411 e. The van der Waals surface area contributed by atoms with E-state index < -0.39 is 30.7 Å². The zero-order valence-corrected chi connectivity index (χ0v) is 11.9. The number of rotatable bonds is 6. The van der Waals surface area contributed by atoms with Crippen LogP contribution < -0.4 is 0 Å². The minimum Gasteiger partial charge on any atom is -0.480 e. The number of piperidine rings is 1. The van der Waals surface area contributed by atoms with Gasteiger partial charge in [-0.05, 0) is 18.8 Å². The number of halogens is 3. The van der Waals surface area contributed by atoms with Crippen LogP contribution in [0.3, 0.4) is 0 Å². The summed E-state index contributed by atoms with van der Waals surface area (Å²) in [5.41, 5.74) is 0. The molecule has 1 saturated heterocycles. The molecular weight excluding hydrogens is 291 g/mol. The van der Waals surface area contributed by atoms with Crippen molar-refractivity contribution in [3.63, 3.8) is 0 Å². The molecule has 0 aromatic rings. The number of hydrogen-bond acceptors (Lipinski definition) is 3. The largest absolute Gasteiger partial charge is 0.480 e. The summed E-state index contributed by atoms with van der Waals surface area (Å²) in [4.78, 5) is 24.4. The van der Waals surface area contributed by atoms with E-state index in [4.69, 9.17) is 0 Å².